The summed E-state index contributed by atoms with van der Waals surface area (Å²) in [7, 11) is 0. The van der Waals surface area contributed by atoms with Crippen LogP contribution in [0.25, 0.3) is 63.1 Å². The van der Waals surface area contributed by atoms with Crippen LogP contribution in [0, 0.1) is 13.8 Å². The van der Waals surface area contributed by atoms with E-state index >= 15 is 0 Å². The predicted molar refractivity (Wildman–Crippen MR) is 177 cm³/mol. The Balaban J connectivity index is 0.000000150. The molecule has 0 aliphatic heterocycles. The van der Waals surface area contributed by atoms with Crippen LogP contribution in [0.1, 0.15) is 11.1 Å². The van der Waals surface area contributed by atoms with Gasteiger partial charge in [0.15, 0.2) is 0 Å². The number of H-pyrrole nitrogens is 2. The smallest absolute Gasteiger partial charge is 0.871 e. The Labute approximate surface area is 260 Å². The predicted octanol–water partition coefficient (Wildman–Crippen LogP) is 7.45. The SMILES string of the molecule is Cc1ccc2[nH+]c(-c3ccc4ccccc4c3[O-])sc2c1.Cc1ccc2[nH+]c(-c3ccc4ccccc4c3[O-])sc2c1.[Be+2]. The van der Waals surface area contributed by atoms with Crippen molar-refractivity contribution in [3.8, 4) is 32.6 Å². The molecule has 0 atom stereocenters. The standard InChI is InChI=1S/2C18H13NOS.Be/c2*1-11-6-9-15-16(10-11)21-18(19-15)14-8-7-12-4-2-3-5-13(12)17(14)20;/h2*2-10,20H,1H3;/q;;+2. The van der Waals surface area contributed by atoms with E-state index < -0.39 is 0 Å². The number of nitrogens with one attached hydrogen (secondary N) is 2. The maximum Gasteiger partial charge on any atom is 2.00 e. The monoisotopic (exact) mass is 591 g/mol. The summed E-state index contributed by atoms with van der Waals surface area (Å²) in [5.74, 6) is 0.181. The fourth-order valence-electron chi connectivity index (χ4n) is 5.24. The third kappa shape index (κ3) is 5.37. The van der Waals surface area contributed by atoms with E-state index in [4.69, 9.17) is 0 Å². The Morgan fingerprint density at radius 1 is 0.512 bits per heavy atom. The van der Waals surface area contributed by atoms with Crippen LogP contribution in [0.3, 0.4) is 0 Å². The number of aromatic nitrogens is 2. The molecule has 0 aliphatic rings. The van der Waals surface area contributed by atoms with E-state index in [0.29, 0.717) is 0 Å². The van der Waals surface area contributed by atoms with Crippen molar-refractivity contribution in [2.75, 3.05) is 0 Å². The van der Waals surface area contributed by atoms with Crippen molar-refractivity contribution in [2.24, 2.45) is 0 Å². The van der Waals surface area contributed by atoms with Gasteiger partial charge in [-0.3, -0.25) is 0 Å². The topological polar surface area (TPSA) is 74.4 Å². The second-order valence-corrected chi connectivity index (χ2v) is 12.5. The van der Waals surface area contributed by atoms with Gasteiger partial charge >= 0.3 is 10.1 Å². The number of hydrogen-bond donors (Lipinski definition) is 0. The summed E-state index contributed by atoms with van der Waals surface area (Å²) in [5.41, 5.74) is 6.09. The molecule has 0 saturated heterocycles. The summed E-state index contributed by atoms with van der Waals surface area (Å²) in [6, 6.07) is 35.9. The van der Waals surface area contributed by atoms with E-state index in [0.717, 1.165) is 53.7 Å². The third-order valence-electron chi connectivity index (χ3n) is 7.44. The molecule has 0 unspecified atom stereocenters. The Morgan fingerprint density at radius 3 is 1.37 bits per heavy atom. The molecule has 43 heavy (non-hydrogen) atoms. The molecule has 7 heteroatoms. The third-order valence-corrected chi connectivity index (χ3v) is 9.61. The van der Waals surface area contributed by atoms with Gasteiger partial charge in [0.1, 0.15) is 9.40 Å². The van der Waals surface area contributed by atoms with E-state index in [1.165, 1.54) is 20.5 Å². The van der Waals surface area contributed by atoms with Gasteiger partial charge in [0.25, 0.3) is 10.0 Å². The Bertz CT molecular complexity index is 2110. The minimum Gasteiger partial charge on any atom is -0.871 e. The number of rotatable bonds is 2. The van der Waals surface area contributed by atoms with Crippen LogP contribution in [0.2, 0.25) is 0 Å². The first-order chi connectivity index (χ1) is 20.4. The molecule has 0 radical (unpaired) electrons. The molecular formula is C36H26BeN2O2S2+2. The second kappa shape index (κ2) is 11.6. The van der Waals surface area contributed by atoms with Crippen LogP contribution in [-0.2, 0) is 0 Å². The zero-order valence-corrected chi connectivity index (χ0v) is 25.4. The first kappa shape index (κ1) is 28.5. The van der Waals surface area contributed by atoms with Gasteiger partial charge in [-0.25, -0.2) is 0 Å². The van der Waals surface area contributed by atoms with Crippen LogP contribution in [0.5, 0.6) is 11.5 Å². The maximum absolute atomic E-state index is 12.7. The van der Waals surface area contributed by atoms with Crippen LogP contribution in [0.15, 0.2) is 109 Å². The van der Waals surface area contributed by atoms with Crippen molar-refractivity contribution in [3.05, 3.63) is 120 Å². The first-order valence-electron chi connectivity index (χ1n) is 13.7. The van der Waals surface area contributed by atoms with E-state index in [1.54, 1.807) is 22.7 Å². The zero-order chi connectivity index (χ0) is 28.8. The largest absolute Gasteiger partial charge is 2.00 e. The van der Waals surface area contributed by atoms with Gasteiger partial charge in [-0.05, 0) is 70.8 Å². The van der Waals surface area contributed by atoms with Crippen molar-refractivity contribution in [3.63, 3.8) is 0 Å². The van der Waals surface area contributed by atoms with Gasteiger partial charge in [0.2, 0.25) is 11.0 Å². The fraction of sp³-hybridized carbons (Fsp3) is 0.0556. The molecule has 204 valence electrons. The molecule has 4 nitrogen and oxygen atoms in total. The summed E-state index contributed by atoms with van der Waals surface area (Å²) in [5, 5.41) is 30.7. The number of aryl methyl sites for hydroxylation is 2. The van der Waals surface area contributed by atoms with Crippen molar-refractivity contribution in [1.29, 1.82) is 0 Å². The van der Waals surface area contributed by atoms with Crippen molar-refractivity contribution in [2.45, 2.75) is 13.8 Å². The Hall–Kier alpha value is -4.61. The van der Waals surface area contributed by atoms with Crippen molar-refractivity contribution in [1.82, 2.24) is 0 Å². The average molecular weight is 592 g/mol. The van der Waals surface area contributed by atoms with Gasteiger partial charge in [-0.1, -0.05) is 107 Å². The van der Waals surface area contributed by atoms with Gasteiger partial charge in [0, 0.05) is 12.1 Å². The van der Waals surface area contributed by atoms with E-state index in [1.807, 2.05) is 72.8 Å². The Kier molecular flexibility index (Phi) is 7.68. The maximum atomic E-state index is 12.7. The molecule has 0 amide bonds. The molecule has 6 aromatic carbocycles. The van der Waals surface area contributed by atoms with Gasteiger partial charge in [-0.15, -0.1) is 0 Å². The van der Waals surface area contributed by atoms with E-state index in [2.05, 4.69) is 60.2 Å². The number of fused-ring (bicyclic) bond motifs is 4. The summed E-state index contributed by atoms with van der Waals surface area (Å²) in [4.78, 5) is 6.73. The molecule has 0 saturated carbocycles. The van der Waals surface area contributed by atoms with Crippen LogP contribution in [0.4, 0.5) is 0 Å². The molecule has 8 rings (SSSR count). The van der Waals surface area contributed by atoms with Crippen LogP contribution >= 0.6 is 22.7 Å². The number of benzene rings is 6. The minimum atomic E-state index is 0. The molecule has 2 heterocycles. The quantitative estimate of drug-likeness (QED) is 0.196. The second-order valence-electron chi connectivity index (χ2n) is 10.4. The molecule has 0 aliphatic carbocycles. The molecule has 0 spiro atoms. The fourth-order valence-corrected chi connectivity index (χ4v) is 7.49. The average Bonchev–Trinajstić information content (AvgIpc) is 3.61. The van der Waals surface area contributed by atoms with Crippen molar-refractivity contribution < 1.29 is 20.2 Å². The summed E-state index contributed by atoms with van der Waals surface area (Å²) < 4.78 is 2.36. The molecule has 0 fully saturated rings. The normalized spacial score (nSPS) is 11.0. The number of aromatic amines is 2. The van der Waals surface area contributed by atoms with Crippen molar-refractivity contribution >= 4 is 74.8 Å². The van der Waals surface area contributed by atoms with E-state index in [9.17, 15) is 10.2 Å². The molecule has 0 bridgehead atoms. The van der Waals surface area contributed by atoms with Crippen LogP contribution < -0.4 is 20.2 Å². The van der Waals surface area contributed by atoms with Gasteiger partial charge in [-0.2, -0.15) is 9.97 Å². The van der Waals surface area contributed by atoms with E-state index in [-0.39, 0.29) is 21.6 Å². The summed E-state index contributed by atoms with van der Waals surface area (Å²) >= 11 is 3.26. The zero-order valence-electron chi connectivity index (χ0n) is 23.7. The first-order valence-corrected chi connectivity index (χ1v) is 15.3. The van der Waals surface area contributed by atoms with Crippen LogP contribution in [-0.4, -0.2) is 10.1 Å². The molecule has 2 N–H and O–H groups in total. The van der Waals surface area contributed by atoms with Gasteiger partial charge in [0.05, 0.1) is 11.1 Å². The molecular weight excluding hydrogens is 566 g/mol. The summed E-state index contributed by atoms with van der Waals surface area (Å²) in [6.07, 6.45) is 0. The molecule has 8 aromatic rings. The number of hydrogen-bond acceptors (Lipinski definition) is 4. The Morgan fingerprint density at radius 2 is 0.930 bits per heavy atom. The van der Waals surface area contributed by atoms with Gasteiger partial charge < -0.3 is 10.2 Å². The number of thiazole rings is 2. The molecule has 2 aromatic heterocycles. The summed E-state index contributed by atoms with van der Waals surface area (Å²) in [6.45, 7) is 4.15. The minimum absolute atomic E-state index is 0.